The first-order chi connectivity index (χ1) is 21.9. The summed E-state index contributed by atoms with van der Waals surface area (Å²) in [5.74, 6) is -0.260. The van der Waals surface area contributed by atoms with Gasteiger partial charge in [0.15, 0.2) is 5.82 Å². The number of likely N-dealkylation sites (tertiary alicyclic amines) is 1. The Bertz CT molecular complexity index is 1920. The number of nitrogens with zero attached hydrogens (tertiary/aromatic N) is 4. The molecule has 4 amide bonds. The number of allylic oxidation sites excluding steroid dienone is 1. The fraction of sp³-hybridized carbons (Fsp3) is 0.242. The van der Waals surface area contributed by atoms with Gasteiger partial charge in [0, 0.05) is 31.4 Å². The van der Waals surface area contributed by atoms with Crippen molar-refractivity contribution in [3.8, 4) is 17.6 Å². The Kier molecular flexibility index (Phi) is 7.39. The zero-order chi connectivity index (χ0) is 31.1. The summed E-state index contributed by atoms with van der Waals surface area (Å²) in [4.78, 5) is 48.1. The number of hydrogen-bond donors (Lipinski definition) is 2. The summed E-state index contributed by atoms with van der Waals surface area (Å²) in [7, 11) is 0. The lowest BCUT2D eigenvalue weighted by Crippen LogP contribution is -2.50. The number of anilines is 3. The van der Waals surface area contributed by atoms with Crippen LogP contribution in [0.4, 0.5) is 26.2 Å². The molecule has 4 heterocycles. The molecule has 0 unspecified atom stereocenters. The molecule has 7 rings (SSSR count). The standard InChI is InChI=1S/C33H27FN6O4S/c34-24-16-23(44-22-6-2-1-3-7-22)10-11-25(24)40-26-12-13-36-31-27(26)28(38-33(40)43)29(45-31)30(41)37-21-5-4-14-39(18-21)32(42)20(17-35)15-19-8-9-19/h1-3,6-7,10-13,15-16,19,21H,4-5,8-9,14,18H2,(H,37,41)(H,38,43)/b20-15+/t21-/m1/s1. The quantitative estimate of drug-likeness (QED) is 0.179. The van der Waals surface area contributed by atoms with E-state index in [-0.39, 0.29) is 40.4 Å². The molecule has 226 valence electrons. The molecule has 45 heavy (non-hydrogen) atoms. The van der Waals surface area contributed by atoms with Crippen molar-refractivity contribution in [3.05, 3.63) is 83.1 Å². The maximum Gasteiger partial charge on any atom is 0.331 e. The molecule has 2 aliphatic heterocycles. The number of ether oxygens (including phenoxy) is 1. The van der Waals surface area contributed by atoms with Crippen LogP contribution >= 0.6 is 11.3 Å². The Hall–Kier alpha value is -5.28. The molecule has 2 N–H and O–H groups in total. The molecule has 4 aromatic rings. The smallest absolute Gasteiger partial charge is 0.331 e. The number of nitrogens with one attached hydrogen (secondary N) is 2. The largest absolute Gasteiger partial charge is 0.457 e. The minimum atomic E-state index is -0.664. The SMILES string of the molecule is N#C/C(=C\C1CC1)C(=O)N1CCC[C@@H](NC(=O)c2sc3nccc4c3c2NC(=O)N4c2ccc(Oc3ccccc3)cc2F)C1. The number of carbonyl (C=O) groups excluding carboxylic acids is 3. The fourth-order valence-electron chi connectivity index (χ4n) is 5.70. The van der Waals surface area contributed by atoms with Crippen molar-refractivity contribution in [2.75, 3.05) is 23.3 Å². The van der Waals surface area contributed by atoms with Crippen molar-refractivity contribution in [1.29, 1.82) is 5.26 Å². The van der Waals surface area contributed by atoms with Gasteiger partial charge in [-0.25, -0.2) is 14.2 Å². The number of benzene rings is 2. The van der Waals surface area contributed by atoms with Crippen LogP contribution in [0.3, 0.4) is 0 Å². The van der Waals surface area contributed by atoms with E-state index in [0.717, 1.165) is 24.2 Å². The van der Waals surface area contributed by atoms with E-state index < -0.39 is 17.8 Å². The van der Waals surface area contributed by atoms with Gasteiger partial charge in [-0.1, -0.05) is 24.3 Å². The highest BCUT2D eigenvalue weighted by Crippen LogP contribution is 2.46. The van der Waals surface area contributed by atoms with Gasteiger partial charge in [0.2, 0.25) is 0 Å². The van der Waals surface area contributed by atoms with Gasteiger partial charge in [0.25, 0.3) is 11.8 Å². The van der Waals surface area contributed by atoms with Crippen LogP contribution in [0.15, 0.2) is 72.4 Å². The molecule has 0 radical (unpaired) electrons. The molecule has 3 aliphatic rings. The van der Waals surface area contributed by atoms with Crippen molar-refractivity contribution < 1.29 is 23.5 Å². The van der Waals surface area contributed by atoms with Crippen LogP contribution < -0.4 is 20.3 Å². The molecular formula is C33H27FN6O4S. The summed E-state index contributed by atoms with van der Waals surface area (Å²) in [6.45, 7) is 0.791. The first-order valence-corrected chi connectivity index (χ1v) is 15.5. The summed E-state index contributed by atoms with van der Waals surface area (Å²) in [5.41, 5.74) is 0.872. The molecule has 2 aromatic carbocycles. The van der Waals surface area contributed by atoms with Gasteiger partial charge < -0.3 is 20.3 Å². The second kappa shape index (κ2) is 11.7. The van der Waals surface area contributed by atoms with Gasteiger partial charge in [-0.15, -0.1) is 11.3 Å². The normalized spacial score (nSPS) is 17.9. The molecule has 0 spiro atoms. The summed E-state index contributed by atoms with van der Waals surface area (Å²) in [6, 6.07) is 15.9. The highest BCUT2D eigenvalue weighted by Gasteiger charge is 2.35. The predicted octanol–water partition coefficient (Wildman–Crippen LogP) is 6.49. The number of carbonyl (C=O) groups is 3. The Balaban J connectivity index is 1.12. The van der Waals surface area contributed by atoms with Crippen molar-refractivity contribution in [3.63, 3.8) is 0 Å². The zero-order valence-electron chi connectivity index (χ0n) is 24.0. The molecule has 2 fully saturated rings. The summed E-state index contributed by atoms with van der Waals surface area (Å²) in [6.07, 6.45) is 6.59. The van der Waals surface area contributed by atoms with Crippen molar-refractivity contribution >= 4 is 56.5 Å². The molecule has 2 aromatic heterocycles. The van der Waals surface area contributed by atoms with Crippen LogP contribution in [0.5, 0.6) is 11.5 Å². The molecule has 1 atom stereocenters. The Morgan fingerprint density at radius 2 is 1.93 bits per heavy atom. The Morgan fingerprint density at radius 3 is 2.69 bits per heavy atom. The van der Waals surface area contributed by atoms with E-state index in [1.807, 2.05) is 24.3 Å². The number of thiophene rings is 1. The Labute approximate surface area is 261 Å². The number of aromatic nitrogens is 1. The van der Waals surface area contributed by atoms with Crippen LogP contribution in [-0.2, 0) is 4.79 Å². The minimum Gasteiger partial charge on any atom is -0.457 e. The molecule has 1 saturated heterocycles. The van der Waals surface area contributed by atoms with Crippen molar-refractivity contribution in [2.45, 2.75) is 31.7 Å². The van der Waals surface area contributed by atoms with Gasteiger partial charge in [0.05, 0.1) is 22.4 Å². The molecule has 12 heteroatoms. The van der Waals surface area contributed by atoms with Crippen LogP contribution in [0.2, 0.25) is 0 Å². The molecule has 1 saturated carbocycles. The third-order valence-corrected chi connectivity index (χ3v) is 9.11. The predicted molar refractivity (Wildman–Crippen MR) is 167 cm³/mol. The summed E-state index contributed by atoms with van der Waals surface area (Å²) in [5, 5.41) is 15.8. The molecule has 0 bridgehead atoms. The van der Waals surface area contributed by atoms with Crippen LogP contribution in [0, 0.1) is 23.1 Å². The number of pyridine rings is 1. The van der Waals surface area contributed by atoms with E-state index in [4.69, 9.17) is 4.74 Å². The average molecular weight is 623 g/mol. The van der Waals surface area contributed by atoms with E-state index in [9.17, 15) is 19.6 Å². The lowest BCUT2D eigenvalue weighted by molar-refractivity contribution is -0.128. The van der Waals surface area contributed by atoms with Gasteiger partial charge in [-0.05, 0) is 61.9 Å². The van der Waals surface area contributed by atoms with Gasteiger partial charge >= 0.3 is 6.03 Å². The number of amides is 4. The number of rotatable bonds is 7. The minimum absolute atomic E-state index is 0.0164. The highest BCUT2D eigenvalue weighted by atomic mass is 32.1. The fourth-order valence-corrected chi connectivity index (χ4v) is 6.72. The average Bonchev–Trinajstić information content (AvgIpc) is 3.80. The lowest BCUT2D eigenvalue weighted by atomic mass is 10.0. The third kappa shape index (κ3) is 5.58. The number of urea groups is 1. The van der Waals surface area contributed by atoms with E-state index >= 15 is 4.39 Å². The Morgan fingerprint density at radius 1 is 1.11 bits per heavy atom. The van der Waals surface area contributed by atoms with Crippen LogP contribution in [0.25, 0.3) is 10.2 Å². The maximum atomic E-state index is 15.5. The van der Waals surface area contributed by atoms with Crippen LogP contribution in [-0.4, -0.2) is 46.9 Å². The van der Waals surface area contributed by atoms with Gasteiger partial charge in [0.1, 0.15) is 32.8 Å². The van der Waals surface area contributed by atoms with E-state index in [1.165, 1.54) is 23.2 Å². The number of hydrogen-bond acceptors (Lipinski definition) is 7. The first-order valence-electron chi connectivity index (χ1n) is 14.7. The first kappa shape index (κ1) is 28.5. The second-order valence-corrected chi connectivity index (χ2v) is 12.2. The van der Waals surface area contributed by atoms with E-state index in [0.29, 0.717) is 52.6 Å². The highest BCUT2D eigenvalue weighted by molar-refractivity contribution is 7.21. The van der Waals surface area contributed by atoms with Gasteiger partial charge in [-0.3, -0.25) is 14.5 Å². The summed E-state index contributed by atoms with van der Waals surface area (Å²) >= 11 is 1.12. The van der Waals surface area contributed by atoms with Crippen molar-refractivity contribution in [1.82, 2.24) is 15.2 Å². The molecule has 1 aliphatic carbocycles. The summed E-state index contributed by atoms with van der Waals surface area (Å²) < 4.78 is 21.2. The number of halogens is 1. The molecule has 10 nitrogen and oxygen atoms in total. The van der Waals surface area contributed by atoms with Crippen molar-refractivity contribution in [2.24, 2.45) is 5.92 Å². The topological polar surface area (TPSA) is 128 Å². The monoisotopic (exact) mass is 622 g/mol. The number of piperidine rings is 1. The van der Waals surface area contributed by atoms with E-state index in [2.05, 4.69) is 15.6 Å². The molecular weight excluding hydrogens is 595 g/mol. The maximum absolute atomic E-state index is 15.5. The zero-order valence-corrected chi connectivity index (χ0v) is 24.8. The number of para-hydroxylation sites is 1. The lowest BCUT2D eigenvalue weighted by Gasteiger charge is -2.33. The van der Waals surface area contributed by atoms with E-state index in [1.54, 1.807) is 35.2 Å². The second-order valence-electron chi connectivity index (χ2n) is 11.2. The number of nitriles is 1. The third-order valence-electron chi connectivity index (χ3n) is 8.01. The van der Waals surface area contributed by atoms with Crippen LogP contribution in [0.1, 0.15) is 35.4 Å². The van der Waals surface area contributed by atoms with Gasteiger partial charge in [-0.2, -0.15) is 5.26 Å².